The first-order valence-corrected chi connectivity index (χ1v) is 7.63. The van der Waals surface area contributed by atoms with E-state index in [0.717, 1.165) is 16.5 Å². The van der Waals surface area contributed by atoms with Crippen LogP contribution < -0.4 is 5.32 Å². The fourth-order valence-corrected chi connectivity index (χ4v) is 2.97. The van der Waals surface area contributed by atoms with E-state index in [1.54, 1.807) is 11.2 Å². The van der Waals surface area contributed by atoms with Crippen LogP contribution in [0.3, 0.4) is 0 Å². The van der Waals surface area contributed by atoms with Crippen LogP contribution in [0.4, 0.5) is 4.79 Å². The van der Waals surface area contributed by atoms with E-state index in [1.165, 1.54) is 0 Å². The van der Waals surface area contributed by atoms with Gasteiger partial charge in [-0.1, -0.05) is 32.0 Å². The van der Waals surface area contributed by atoms with E-state index in [0.29, 0.717) is 26.1 Å². The van der Waals surface area contributed by atoms with Crippen molar-refractivity contribution in [2.45, 2.75) is 32.9 Å². The van der Waals surface area contributed by atoms with E-state index < -0.39 is 0 Å². The normalized spacial score (nSPS) is 21.0. The van der Waals surface area contributed by atoms with E-state index in [-0.39, 0.29) is 17.6 Å². The minimum Gasteiger partial charge on any atom is -0.464 e. The van der Waals surface area contributed by atoms with Gasteiger partial charge in [-0.3, -0.25) is 0 Å². The maximum Gasteiger partial charge on any atom is 0.317 e. The average Bonchev–Trinajstić information content (AvgIpc) is 2.91. The quantitative estimate of drug-likeness (QED) is 0.896. The molecule has 5 heteroatoms. The van der Waals surface area contributed by atoms with Gasteiger partial charge in [0, 0.05) is 36.0 Å². The van der Waals surface area contributed by atoms with Crippen molar-refractivity contribution in [3.63, 3.8) is 0 Å². The van der Waals surface area contributed by atoms with Crippen LogP contribution >= 0.6 is 0 Å². The molecule has 0 aliphatic carbocycles. The number of furan rings is 1. The molecule has 1 aromatic heterocycles. The summed E-state index contributed by atoms with van der Waals surface area (Å²) in [5.41, 5.74) is 1.53. The highest BCUT2D eigenvalue weighted by Gasteiger charge is 2.36. The maximum atomic E-state index is 12.3. The summed E-state index contributed by atoms with van der Waals surface area (Å²) >= 11 is 0. The van der Waals surface area contributed by atoms with Gasteiger partial charge in [0.05, 0.1) is 12.4 Å². The Labute approximate surface area is 129 Å². The number of para-hydroxylation sites is 1. The number of rotatable bonds is 2. The highest BCUT2D eigenvalue weighted by molar-refractivity contribution is 5.81. The molecule has 2 heterocycles. The van der Waals surface area contributed by atoms with Gasteiger partial charge in [-0.25, -0.2) is 4.79 Å². The Morgan fingerprint density at radius 2 is 2.23 bits per heavy atom. The number of likely N-dealkylation sites (tertiary alicyclic amines) is 1. The summed E-state index contributed by atoms with van der Waals surface area (Å²) in [7, 11) is 0. The number of hydrogen-bond donors (Lipinski definition) is 2. The molecule has 0 bridgehead atoms. The van der Waals surface area contributed by atoms with Crippen LogP contribution in [0.5, 0.6) is 0 Å². The number of carbonyl (C=O) groups excluding carboxylic acids is 1. The van der Waals surface area contributed by atoms with E-state index in [1.807, 2.05) is 38.1 Å². The largest absolute Gasteiger partial charge is 0.464 e. The molecule has 1 aliphatic heterocycles. The zero-order chi connectivity index (χ0) is 15.7. The van der Waals surface area contributed by atoms with Crippen LogP contribution in [0.25, 0.3) is 11.0 Å². The first-order valence-electron chi connectivity index (χ1n) is 7.63. The van der Waals surface area contributed by atoms with E-state index in [4.69, 9.17) is 4.42 Å². The molecule has 118 valence electrons. The Hall–Kier alpha value is -2.01. The Morgan fingerprint density at radius 1 is 1.45 bits per heavy atom. The number of benzene rings is 1. The molecule has 2 aromatic rings. The Balaban J connectivity index is 1.63. The lowest BCUT2D eigenvalue weighted by molar-refractivity contribution is -0.0114. The van der Waals surface area contributed by atoms with Crippen molar-refractivity contribution in [3.05, 3.63) is 36.1 Å². The number of amides is 2. The molecule has 1 unspecified atom stereocenters. The van der Waals surface area contributed by atoms with Crippen LogP contribution in [-0.2, 0) is 6.54 Å². The van der Waals surface area contributed by atoms with Gasteiger partial charge in [-0.2, -0.15) is 0 Å². The van der Waals surface area contributed by atoms with Gasteiger partial charge >= 0.3 is 6.03 Å². The smallest absolute Gasteiger partial charge is 0.317 e. The number of nitrogens with one attached hydrogen (secondary N) is 1. The number of nitrogens with zero attached hydrogens (tertiary/aromatic N) is 1. The van der Waals surface area contributed by atoms with Crippen molar-refractivity contribution >= 4 is 17.0 Å². The molecule has 1 aromatic carbocycles. The molecular weight excluding hydrogens is 280 g/mol. The molecule has 1 atom stereocenters. The fraction of sp³-hybridized carbons (Fsp3) is 0.471. The molecule has 0 saturated carbocycles. The summed E-state index contributed by atoms with van der Waals surface area (Å²) in [6, 6.07) is 7.69. The highest BCUT2D eigenvalue weighted by atomic mass is 16.3. The minimum absolute atomic E-state index is 0.0924. The molecule has 1 saturated heterocycles. The topological polar surface area (TPSA) is 65.7 Å². The number of hydrogen-bond acceptors (Lipinski definition) is 3. The summed E-state index contributed by atoms with van der Waals surface area (Å²) in [4.78, 5) is 14.1. The monoisotopic (exact) mass is 302 g/mol. The summed E-state index contributed by atoms with van der Waals surface area (Å²) < 4.78 is 5.48. The van der Waals surface area contributed by atoms with Crippen molar-refractivity contribution in [2.24, 2.45) is 5.41 Å². The van der Waals surface area contributed by atoms with Crippen molar-refractivity contribution in [3.8, 4) is 0 Å². The summed E-state index contributed by atoms with van der Waals surface area (Å²) in [5.74, 6) is 0. The first-order chi connectivity index (χ1) is 10.5. The highest BCUT2D eigenvalue weighted by Crippen LogP contribution is 2.29. The van der Waals surface area contributed by atoms with Gasteiger partial charge in [0.1, 0.15) is 5.58 Å². The van der Waals surface area contributed by atoms with E-state index in [9.17, 15) is 9.90 Å². The predicted molar refractivity (Wildman–Crippen MR) is 84.4 cm³/mol. The molecule has 2 amide bonds. The molecule has 2 N–H and O–H groups in total. The van der Waals surface area contributed by atoms with Crippen LogP contribution in [0.2, 0.25) is 0 Å². The third-order valence-corrected chi connectivity index (χ3v) is 4.45. The van der Waals surface area contributed by atoms with Crippen LogP contribution in [0.1, 0.15) is 25.8 Å². The van der Waals surface area contributed by atoms with Gasteiger partial charge < -0.3 is 19.7 Å². The van der Waals surface area contributed by atoms with Crippen molar-refractivity contribution < 1.29 is 14.3 Å². The van der Waals surface area contributed by atoms with Crippen molar-refractivity contribution in [2.75, 3.05) is 13.1 Å². The van der Waals surface area contributed by atoms with Crippen LogP contribution in [-0.4, -0.2) is 35.2 Å². The number of aliphatic hydroxyl groups excluding tert-OH is 1. The lowest BCUT2D eigenvalue weighted by Crippen LogP contribution is -2.53. The van der Waals surface area contributed by atoms with Crippen LogP contribution in [0.15, 0.2) is 34.9 Å². The number of carbonyl (C=O) groups is 1. The van der Waals surface area contributed by atoms with Gasteiger partial charge in [0.15, 0.2) is 0 Å². The SMILES string of the molecule is CC1(C)CN(C(=O)NCc2coc3ccccc23)CCC1O. The van der Waals surface area contributed by atoms with Gasteiger partial charge in [-0.15, -0.1) is 0 Å². The lowest BCUT2D eigenvalue weighted by atomic mass is 9.81. The maximum absolute atomic E-state index is 12.3. The molecule has 1 fully saturated rings. The second kappa shape index (κ2) is 5.65. The molecule has 5 nitrogen and oxygen atoms in total. The molecule has 22 heavy (non-hydrogen) atoms. The third-order valence-electron chi connectivity index (χ3n) is 4.45. The molecule has 0 spiro atoms. The zero-order valence-corrected chi connectivity index (χ0v) is 13.0. The molecule has 1 aliphatic rings. The molecule has 0 radical (unpaired) electrons. The Morgan fingerprint density at radius 3 is 3.00 bits per heavy atom. The summed E-state index contributed by atoms with van der Waals surface area (Å²) in [6.45, 7) is 5.56. The van der Waals surface area contributed by atoms with Gasteiger partial charge in [-0.05, 0) is 12.5 Å². The predicted octanol–water partition coefficient (Wildman–Crippen LogP) is 2.74. The lowest BCUT2D eigenvalue weighted by Gasteiger charge is -2.41. The first kappa shape index (κ1) is 14.9. The second-order valence-electron chi connectivity index (χ2n) is 6.63. The van der Waals surface area contributed by atoms with Gasteiger partial charge in [0.25, 0.3) is 0 Å². The standard InChI is InChI=1S/C17H22N2O3/c1-17(2)11-19(8-7-15(17)20)16(21)18-9-12-10-22-14-6-4-3-5-13(12)14/h3-6,10,15,20H,7-9,11H2,1-2H3,(H,18,21). The number of urea groups is 1. The zero-order valence-electron chi connectivity index (χ0n) is 13.0. The van der Waals surface area contributed by atoms with Gasteiger partial charge in [0.2, 0.25) is 0 Å². The number of fused-ring (bicyclic) bond motifs is 1. The molecular formula is C17H22N2O3. The van der Waals surface area contributed by atoms with E-state index >= 15 is 0 Å². The Bertz CT molecular complexity index is 677. The number of aliphatic hydroxyl groups is 1. The fourth-order valence-electron chi connectivity index (χ4n) is 2.97. The Kier molecular flexibility index (Phi) is 3.83. The van der Waals surface area contributed by atoms with Crippen LogP contribution in [0, 0.1) is 5.41 Å². The summed E-state index contributed by atoms with van der Waals surface area (Å²) in [5, 5.41) is 13.9. The molecule has 3 rings (SSSR count). The van der Waals surface area contributed by atoms with Crippen molar-refractivity contribution in [1.82, 2.24) is 10.2 Å². The average molecular weight is 302 g/mol. The third kappa shape index (κ3) is 2.81. The summed E-state index contributed by atoms with van der Waals surface area (Å²) in [6.07, 6.45) is 1.96. The number of piperidine rings is 1. The van der Waals surface area contributed by atoms with Crippen molar-refractivity contribution in [1.29, 1.82) is 0 Å². The van der Waals surface area contributed by atoms with E-state index in [2.05, 4.69) is 5.32 Å². The second-order valence-corrected chi connectivity index (χ2v) is 6.63. The minimum atomic E-state index is -0.352.